The summed E-state index contributed by atoms with van der Waals surface area (Å²) in [5.74, 6) is -1.96. The van der Waals surface area contributed by atoms with Crippen LogP contribution in [0.1, 0.15) is 24.3 Å². The topological polar surface area (TPSA) is 70.6 Å². The van der Waals surface area contributed by atoms with Gasteiger partial charge in [-0.2, -0.15) is 4.99 Å². The van der Waals surface area contributed by atoms with Crippen LogP contribution < -0.4 is 10.6 Å². The molecule has 6 heteroatoms. The number of aliphatic imine (C=N–C) groups is 1. The molecule has 0 aromatic heterocycles. The predicted octanol–water partition coefficient (Wildman–Crippen LogP) is 0.716. The van der Waals surface area contributed by atoms with Gasteiger partial charge in [0.05, 0.1) is 6.54 Å². The Morgan fingerprint density at radius 1 is 1.25 bits per heavy atom. The van der Waals surface area contributed by atoms with Crippen molar-refractivity contribution >= 4 is 17.6 Å². The number of rotatable bonds is 4. The van der Waals surface area contributed by atoms with E-state index in [1.54, 1.807) is 0 Å². The van der Waals surface area contributed by atoms with E-state index in [1.165, 1.54) is 24.3 Å². The minimum absolute atomic E-state index is 0.352. The first-order valence-electron chi connectivity index (χ1n) is 6.54. The number of hydrogen-bond donors (Lipinski definition) is 2. The van der Waals surface area contributed by atoms with Gasteiger partial charge in [-0.1, -0.05) is 12.1 Å². The molecule has 0 spiro atoms. The smallest absolute Gasteiger partial charge is 0.264 e. The summed E-state index contributed by atoms with van der Waals surface area (Å²) in [4.78, 5) is 27.9. The lowest BCUT2D eigenvalue weighted by Gasteiger charge is -2.20. The average Bonchev–Trinajstić information content (AvgIpc) is 3.22. The van der Waals surface area contributed by atoms with E-state index in [-0.39, 0.29) is 0 Å². The highest BCUT2D eigenvalue weighted by Crippen LogP contribution is 2.21. The Morgan fingerprint density at radius 3 is 2.55 bits per heavy atom. The van der Waals surface area contributed by atoms with Crippen LogP contribution in [0.15, 0.2) is 29.3 Å². The first-order chi connectivity index (χ1) is 9.63. The van der Waals surface area contributed by atoms with Crippen LogP contribution in [-0.4, -0.2) is 30.2 Å². The molecule has 0 radical (unpaired) electrons. The second-order valence-electron chi connectivity index (χ2n) is 5.03. The van der Waals surface area contributed by atoms with Crippen molar-refractivity contribution in [2.45, 2.75) is 24.8 Å². The molecular formula is C14H14FN3O2. The molecule has 1 unspecified atom stereocenters. The van der Waals surface area contributed by atoms with Gasteiger partial charge in [-0.3, -0.25) is 9.59 Å². The first kappa shape index (κ1) is 12.9. The maximum Gasteiger partial charge on any atom is 0.264 e. The lowest BCUT2D eigenvalue weighted by Crippen LogP contribution is -2.46. The van der Waals surface area contributed by atoms with Crippen LogP contribution in [0.2, 0.25) is 0 Å². The van der Waals surface area contributed by atoms with Crippen LogP contribution in [0.25, 0.3) is 0 Å². The number of halogens is 1. The maximum atomic E-state index is 12.9. The van der Waals surface area contributed by atoms with Crippen molar-refractivity contribution in [3.63, 3.8) is 0 Å². The molecule has 0 saturated heterocycles. The third-order valence-electron chi connectivity index (χ3n) is 3.36. The SMILES string of the molecule is O=C1N=C(CNC2CC2)NC(=O)C1c1ccc(F)cc1. The van der Waals surface area contributed by atoms with Crippen molar-refractivity contribution < 1.29 is 14.0 Å². The van der Waals surface area contributed by atoms with Crippen LogP contribution in [0.5, 0.6) is 0 Å². The molecule has 3 rings (SSSR count). The molecule has 1 saturated carbocycles. The molecule has 5 nitrogen and oxygen atoms in total. The molecule has 0 bridgehead atoms. The van der Waals surface area contributed by atoms with Gasteiger partial charge >= 0.3 is 0 Å². The zero-order valence-electron chi connectivity index (χ0n) is 10.7. The van der Waals surface area contributed by atoms with E-state index < -0.39 is 23.5 Å². The summed E-state index contributed by atoms with van der Waals surface area (Å²) in [7, 11) is 0. The van der Waals surface area contributed by atoms with Crippen LogP contribution >= 0.6 is 0 Å². The van der Waals surface area contributed by atoms with Crippen molar-refractivity contribution in [2.24, 2.45) is 4.99 Å². The molecule has 1 aromatic rings. The van der Waals surface area contributed by atoms with E-state index in [1.807, 2.05) is 0 Å². The molecule has 1 aliphatic carbocycles. The Bertz CT molecular complexity index is 579. The first-order valence-corrected chi connectivity index (χ1v) is 6.54. The highest BCUT2D eigenvalue weighted by atomic mass is 19.1. The average molecular weight is 275 g/mol. The quantitative estimate of drug-likeness (QED) is 0.795. The highest BCUT2D eigenvalue weighted by molar-refractivity contribution is 6.19. The number of hydrogen-bond acceptors (Lipinski definition) is 3. The molecular weight excluding hydrogens is 261 g/mol. The standard InChI is InChI=1S/C14H14FN3O2/c15-9-3-1-8(2-4-9)12-13(19)17-11(18-14(12)20)7-16-10-5-6-10/h1-4,10,12,16H,5-7H2,(H,17,18,19,20). The third kappa shape index (κ3) is 2.75. The molecule has 1 atom stereocenters. The Morgan fingerprint density at radius 2 is 1.95 bits per heavy atom. The van der Waals surface area contributed by atoms with Gasteiger partial charge in [0.2, 0.25) is 5.91 Å². The monoisotopic (exact) mass is 275 g/mol. The summed E-state index contributed by atoms with van der Waals surface area (Å²) in [5.41, 5.74) is 0.451. The van der Waals surface area contributed by atoms with Crippen molar-refractivity contribution in [2.75, 3.05) is 6.54 Å². The number of carbonyl (C=O) groups excluding carboxylic acids is 2. The fraction of sp³-hybridized carbons (Fsp3) is 0.357. The van der Waals surface area contributed by atoms with Gasteiger partial charge in [0, 0.05) is 6.04 Å². The van der Waals surface area contributed by atoms with Crippen LogP contribution in [-0.2, 0) is 9.59 Å². The molecule has 2 N–H and O–H groups in total. The van der Waals surface area contributed by atoms with E-state index >= 15 is 0 Å². The predicted molar refractivity (Wildman–Crippen MR) is 70.8 cm³/mol. The van der Waals surface area contributed by atoms with Gasteiger partial charge in [0.1, 0.15) is 17.6 Å². The summed E-state index contributed by atoms with van der Waals surface area (Å²) in [6.45, 7) is 0.387. The normalized spacial score (nSPS) is 22.4. The number of nitrogens with zero attached hydrogens (tertiary/aromatic N) is 1. The lowest BCUT2D eigenvalue weighted by molar-refractivity contribution is -0.129. The number of amides is 2. The van der Waals surface area contributed by atoms with E-state index in [9.17, 15) is 14.0 Å². The van der Waals surface area contributed by atoms with E-state index in [2.05, 4.69) is 15.6 Å². The number of nitrogens with one attached hydrogen (secondary N) is 2. The Kier molecular flexibility index (Phi) is 3.31. The molecule has 1 aromatic carbocycles. The van der Waals surface area contributed by atoms with Crippen molar-refractivity contribution in [1.29, 1.82) is 0 Å². The van der Waals surface area contributed by atoms with Gasteiger partial charge in [0.25, 0.3) is 5.91 Å². The zero-order valence-corrected chi connectivity index (χ0v) is 10.7. The zero-order chi connectivity index (χ0) is 14.1. The van der Waals surface area contributed by atoms with Gasteiger partial charge < -0.3 is 10.6 Å². The summed E-state index contributed by atoms with van der Waals surface area (Å²) in [5, 5.41) is 5.81. The summed E-state index contributed by atoms with van der Waals surface area (Å²) in [6.07, 6.45) is 2.24. The minimum Gasteiger partial charge on any atom is -0.312 e. The fourth-order valence-corrected chi connectivity index (χ4v) is 2.11. The second-order valence-corrected chi connectivity index (χ2v) is 5.03. The third-order valence-corrected chi connectivity index (χ3v) is 3.36. The van der Waals surface area contributed by atoms with Gasteiger partial charge in [-0.25, -0.2) is 4.39 Å². The van der Waals surface area contributed by atoms with Crippen LogP contribution in [0.4, 0.5) is 4.39 Å². The molecule has 1 fully saturated rings. The molecule has 1 aliphatic heterocycles. The number of carbonyl (C=O) groups is 2. The van der Waals surface area contributed by atoms with Gasteiger partial charge in [-0.05, 0) is 30.5 Å². The number of amidine groups is 1. The van der Waals surface area contributed by atoms with Crippen molar-refractivity contribution in [1.82, 2.24) is 10.6 Å². The minimum atomic E-state index is -0.986. The van der Waals surface area contributed by atoms with E-state index in [4.69, 9.17) is 0 Å². The fourth-order valence-electron chi connectivity index (χ4n) is 2.11. The molecule has 1 heterocycles. The lowest BCUT2D eigenvalue weighted by atomic mass is 9.96. The van der Waals surface area contributed by atoms with Crippen LogP contribution in [0, 0.1) is 5.82 Å². The molecule has 20 heavy (non-hydrogen) atoms. The Balaban J connectivity index is 1.75. The summed E-state index contributed by atoms with van der Waals surface area (Å²) in [6, 6.07) is 5.79. The van der Waals surface area contributed by atoms with E-state index in [0.29, 0.717) is 24.0 Å². The second kappa shape index (κ2) is 5.13. The largest absolute Gasteiger partial charge is 0.312 e. The van der Waals surface area contributed by atoms with Crippen LogP contribution in [0.3, 0.4) is 0 Å². The molecule has 104 valence electrons. The summed E-state index contributed by atoms with van der Waals surface area (Å²) >= 11 is 0. The Hall–Kier alpha value is -2.08. The highest BCUT2D eigenvalue weighted by Gasteiger charge is 2.33. The van der Waals surface area contributed by atoms with Gasteiger partial charge in [0.15, 0.2) is 0 Å². The molecule has 2 aliphatic rings. The van der Waals surface area contributed by atoms with E-state index in [0.717, 1.165) is 12.8 Å². The molecule has 2 amide bonds. The van der Waals surface area contributed by atoms with Gasteiger partial charge in [-0.15, -0.1) is 0 Å². The maximum absolute atomic E-state index is 12.9. The number of benzene rings is 1. The van der Waals surface area contributed by atoms with Crippen molar-refractivity contribution in [3.8, 4) is 0 Å². The Labute approximate surface area is 115 Å². The summed E-state index contributed by atoms with van der Waals surface area (Å²) < 4.78 is 12.9. The van der Waals surface area contributed by atoms with Crippen molar-refractivity contribution in [3.05, 3.63) is 35.6 Å².